The zero-order valence-corrected chi connectivity index (χ0v) is 32.6. The quantitative estimate of drug-likeness (QED) is 0.102. The molecule has 5 amide bonds. The maximum Gasteiger partial charge on any atom is 0.264 e. The highest BCUT2D eigenvalue weighted by Gasteiger charge is 2.45. The van der Waals surface area contributed by atoms with E-state index in [0.717, 1.165) is 62.5 Å². The van der Waals surface area contributed by atoms with Crippen LogP contribution in [0.1, 0.15) is 89.6 Å². The second-order valence-corrected chi connectivity index (χ2v) is 15.0. The molecule has 0 aromatic heterocycles. The van der Waals surface area contributed by atoms with Crippen LogP contribution in [0, 0.1) is 0 Å². The second kappa shape index (κ2) is 19.5. The lowest BCUT2D eigenvalue weighted by atomic mass is 10.0. The number of carbonyl (C=O) groups is 5. The fraction of sp³-hybridized carbons (Fsp3) is 0.465. The van der Waals surface area contributed by atoms with Gasteiger partial charge in [-0.15, -0.1) is 0 Å². The highest BCUT2D eigenvalue weighted by molar-refractivity contribution is 6.25. The van der Waals surface area contributed by atoms with Crippen molar-refractivity contribution in [1.82, 2.24) is 25.8 Å². The van der Waals surface area contributed by atoms with E-state index < -0.39 is 29.7 Å². The van der Waals surface area contributed by atoms with Crippen molar-refractivity contribution in [3.8, 4) is 5.75 Å². The number of carbonyl (C=O) groups excluding carboxylic acids is 5. The Morgan fingerprint density at radius 2 is 1.57 bits per heavy atom. The fourth-order valence-electron chi connectivity index (χ4n) is 7.63. The summed E-state index contributed by atoms with van der Waals surface area (Å²) in [5.74, 6) is -1.09. The number of nitrogens with zero attached hydrogens (tertiary/aromatic N) is 3. The number of amides is 5. The van der Waals surface area contributed by atoms with Crippen LogP contribution in [0.25, 0.3) is 0 Å². The first-order chi connectivity index (χ1) is 27.2. The minimum atomic E-state index is -1.01. The number of unbranched alkanes of at least 4 members (excludes halogenated alkanes) is 2. The summed E-state index contributed by atoms with van der Waals surface area (Å²) in [6, 6.07) is 20.8. The molecule has 13 heteroatoms. The lowest BCUT2D eigenvalue weighted by Crippen LogP contribution is -2.54. The lowest BCUT2D eigenvalue weighted by Gasteiger charge is -2.33. The van der Waals surface area contributed by atoms with E-state index in [1.807, 2.05) is 17.0 Å². The highest BCUT2D eigenvalue weighted by Crippen LogP contribution is 2.33. The van der Waals surface area contributed by atoms with Gasteiger partial charge >= 0.3 is 0 Å². The summed E-state index contributed by atoms with van der Waals surface area (Å²) < 4.78 is 5.95. The molecule has 3 aliphatic rings. The topological polar surface area (TPSA) is 152 Å². The van der Waals surface area contributed by atoms with Gasteiger partial charge in [0.05, 0.1) is 17.7 Å². The van der Waals surface area contributed by atoms with E-state index in [-0.39, 0.29) is 35.9 Å². The number of para-hydroxylation sites is 1. The molecule has 3 aliphatic heterocycles. The standard InChI is InChI=1S/C43H55N7O6/c1-48(2)36-13-6-5-10-31(36)29-45-24-9-23-44-28-30-15-17-33(18-16-30)56-27-7-3-4-14-39(52)49-25-21-32(22-26-49)46-35-12-8-11-34-40(35)43(55)50(42(34)54)37-19-20-38(51)47-41(37)53/h5-6,8,10-13,15-18,32,37,44-46H,3-4,7,9,14,19-29H2,1-2H3,(H,47,51,53). The van der Waals surface area contributed by atoms with E-state index in [2.05, 4.69) is 76.7 Å². The second-order valence-electron chi connectivity index (χ2n) is 15.0. The summed E-state index contributed by atoms with van der Waals surface area (Å²) >= 11 is 0. The summed E-state index contributed by atoms with van der Waals surface area (Å²) in [7, 11) is 4.14. The fourth-order valence-corrected chi connectivity index (χ4v) is 7.63. The van der Waals surface area contributed by atoms with Gasteiger partial charge in [0.25, 0.3) is 11.8 Å². The number of hydrogen-bond acceptors (Lipinski definition) is 10. The number of anilines is 2. The van der Waals surface area contributed by atoms with Crippen molar-refractivity contribution in [1.29, 1.82) is 0 Å². The van der Waals surface area contributed by atoms with E-state index in [1.165, 1.54) is 16.8 Å². The maximum atomic E-state index is 13.4. The molecule has 0 aliphatic carbocycles. The molecule has 3 aromatic carbocycles. The third kappa shape index (κ3) is 10.3. The highest BCUT2D eigenvalue weighted by atomic mass is 16.5. The Kier molecular flexibility index (Phi) is 14.1. The van der Waals surface area contributed by atoms with E-state index in [1.54, 1.807) is 18.2 Å². The molecule has 2 saturated heterocycles. The molecule has 1 atom stereocenters. The van der Waals surface area contributed by atoms with Crippen molar-refractivity contribution < 1.29 is 28.7 Å². The number of benzene rings is 3. The molecule has 1 unspecified atom stereocenters. The molecule has 0 saturated carbocycles. The number of nitrogens with one attached hydrogen (secondary N) is 4. The largest absolute Gasteiger partial charge is 0.494 e. The number of piperidine rings is 2. The molecular formula is C43H55N7O6. The summed E-state index contributed by atoms with van der Waals surface area (Å²) in [5, 5.41) is 12.7. The van der Waals surface area contributed by atoms with Crippen LogP contribution in [0.2, 0.25) is 0 Å². The number of hydrogen-bond donors (Lipinski definition) is 4. The first-order valence-electron chi connectivity index (χ1n) is 20.0. The summed E-state index contributed by atoms with van der Waals surface area (Å²) in [4.78, 5) is 68.7. The van der Waals surface area contributed by atoms with Gasteiger partial charge in [-0.2, -0.15) is 0 Å². The van der Waals surface area contributed by atoms with Gasteiger partial charge in [0, 0.05) is 70.5 Å². The van der Waals surface area contributed by atoms with Crippen LogP contribution in [0.4, 0.5) is 11.4 Å². The van der Waals surface area contributed by atoms with Crippen molar-refractivity contribution in [3.05, 3.63) is 89.0 Å². The minimum absolute atomic E-state index is 0.0239. The van der Waals surface area contributed by atoms with Gasteiger partial charge in [-0.1, -0.05) is 36.4 Å². The molecule has 56 heavy (non-hydrogen) atoms. The van der Waals surface area contributed by atoms with Gasteiger partial charge in [-0.25, -0.2) is 0 Å². The molecule has 0 radical (unpaired) electrons. The molecule has 6 rings (SSSR count). The normalized spacial score (nSPS) is 17.2. The van der Waals surface area contributed by atoms with E-state index in [0.29, 0.717) is 44.6 Å². The van der Waals surface area contributed by atoms with Crippen molar-refractivity contribution in [2.75, 3.05) is 57.1 Å². The third-order valence-electron chi connectivity index (χ3n) is 10.7. The van der Waals surface area contributed by atoms with Crippen LogP contribution in [-0.4, -0.2) is 98.3 Å². The minimum Gasteiger partial charge on any atom is -0.494 e. The Bertz CT molecular complexity index is 1860. The lowest BCUT2D eigenvalue weighted by molar-refractivity contribution is -0.136. The first kappa shape index (κ1) is 40.4. The van der Waals surface area contributed by atoms with Crippen LogP contribution in [0.3, 0.4) is 0 Å². The van der Waals surface area contributed by atoms with Gasteiger partial charge in [0.15, 0.2) is 0 Å². The molecular weight excluding hydrogens is 711 g/mol. The average Bonchev–Trinajstić information content (AvgIpc) is 3.45. The van der Waals surface area contributed by atoms with E-state index >= 15 is 0 Å². The first-order valence-corrected chi connectivity index (χ1v) is 20.0. The summed E-state index contributed by atoms with van der Waals surface area (Å²) in [6.07, 6.45) is 5.74. The van der Waals surface area contributed by atoms with Crippen LogP contribution < -0.4 is 30.9 Å². The SMILES string of the molecule is CN(C)c1ccccc1CNCCCNCc1ccc(OCCCCCC(=O)N2CCC(Nc3cccc4c3C(=O)N(C3CCC(=O)NC3=O)C4=O)CC2)cc1. The molecule has 13 nitrogen and oxygen atoms in total. The Labute approximate surface area is 329 Å². The summed E-state index contributed by atoms with van der Waals surface area (Å²) in [5.41, 5.74) is 4.82. The van der Waals surface area contributed by atoms with Gasteiger partial charge in [-0.3, -0.25) is 34.2 Å². The van der Waals surface area contributed by atoms with Crippen LogP contribution in [0.5, 0.6) is 5.75 Å². The number of likely N-dealkylation sites (tertiary alicyclic amines) is 1. The van der Waals surface area contributed by atoms with Gasteiger partial charge in [0.1, 0.15) is 11.8 Å². The Hall–Kier alpha value is -5.27. The predicted molar refractivity (Wildman–Crippen MR) is 216 cm³/mol. The van der Waals surface area contributed by atoms with Gasteiger partial charge in [0.2, 0.25) is 17.7 Å². The zero-order chi connectivity index (χ0) is 39.4. The molecule has 3 heterocycles. The molecule has 298 valence electrons. The zero-order valence-electron chi connectivity index (χ0n) is 32.6. The Morgan fingerprint density at radius 1 is 0.821 bits per heavy atom. The number of fused-ring (bicyclic) bond motifs is 1. The third-order valence-corrected chi connectivity index (χ3v) is 10.7. The van der Waals surface area contributed by atoms with Crippen LogP contribution in [-0.2, 0) is 27.5 Å². The molecule has 4 N–H and O–H groups in total. The Balaban J connectivity index is 0.814. The molecule has 3 aromatic rings. The number of imide groups is 2. The van der Waals surface area contributed by atoms with Crippen molar-refractivity contribution in [3.63, 3.8) is 0 Å². The Morgan fingerprint density at radius 3 is 2.32 bits per heavy atom. The van der Waals surface area contributed by atoms with Crippen LogP contribution >= 0.6 is 0 Å². The summed E-state index contributed by atoms with van der Waals surface area (Å²) in [6.45, 7) is 5.41. The van der Waals surface area contributed by atoms with E-state index in [4.69, 9.17) is 4.74 Å². The number of ether oxygens (including phenoxy) is 1. The smallest absolute Gasteiger partial charge is 0.264 e. The monoisotopic (exact) mass is 765 g/mol. The van der Waals surface area contributed by atoms with E-state index in [9.17, 15) is 24.0 Å². The molecule has 0 spiro atoms. The van der Waals surface area contributed by atoms with Gasteiger partial charge < -0.3 is 30.5 Å². The molecule has 0 bridgehead atoms. The van der Waals surface area contributed by atoms with Crippen molar-refractivity contribution >= 4 is 40.9 Å². The van der Waals surface area contributed by atoms with Crippen molar-refractivity contribution in [2.45, 2.75) is 83.0 Å². The number of rotatable bonds is 19. The van der Waals surface area contributed by atoms with Gasteiger partial charge in [-0.05, 0) is 99.5 Å². The molecule has 2 fully saturated rings. The van der Waals surface area contributed by atoms with Crippen LogP contribution in [0.15, 0.2) is 66.7 Å². The average molecular weight is 766 g/mol. The predicted octanol–water partition coefficient (Wildman–Crippen LogP) is 4.47. The van der Waals surface area contributed by atoms with Crippen molar-refractivity contribution in [2.24, 2.45) is 0 Å². The maximum absolute atomic E-state index is 13.4.